The Labute approximate surface area is 160 Å². The molecule has 0 spiro atoms. The monoisotopic (exact) mass is 402 g/mol. The predicted molar refractivity (Wildman–Crippen MR) is 103 cm³/mol. The van der Waals surface area contributed by atoms with Gasteiger partial charge >= 0.3 is 5.69 Å². The second kappa shape index (κ2) is 6.88. The highest BCUT2D eigenvalue weighted by atomic mass is 32.2. The van der Waals surface area contributed by atoms with Gasteiger partial charge in [-0.15, -0.1) is 0 Å². The fourth-order valence-electron chi connectivity index (χ4n) is 3.54. The third kappa shape index (κ3) is 3.10. The Morgan fingerprint density at radius 2 is 1.96 bits per heavy atom. The number of hydrogen-bond acceptors (Lipinski definition) is 7. The maximum Gasteiger partial charge on any atom is 0.311 e. The van der Waals surface area contributed by atoms with E-state index < -0.39 is 21.1 Å². The van der Waals surface area contributed by atoms with Crippen LogP contribution in [0.4, 0.5) is 11.4 Å². The number of aliphatic hydroxyl groups is 1. The van der Waals surface area contributed by atoms with Crippen LogP contribution in [-0.2, 0) is 10.0 Å². The predicted octanol–water partition coefficient (Wildman–Crippen LogP) is 2.51. The number of fused-ring (bicyclic) bond motifs is 1. The Kier molecular flexibility index (Phi) is 4.52. The molecular weight excluding hydrogens is 384 g/mol. The number of rotatable bonds is 5. The highest BCUT2D eigenvalue weighted by Crippen LogP contribution is 2.35. The van der Waals surface area contributed by atoms with Crippen LogP contribution in [0.1, 0.15) is 19.3 Å². The van der Waals surface area contributed by atoms with Gasteiger partial charge in [-0.2, -0.15) is 0 Å². The minimum Gasteiger partial charge on any atom is -0.393 e. The lowest BCUT2D eigenvalue weighted by Crippen LogP contribution is -2.18. The van der Waals surface area contributed by atoms with Gasteiger partial charge in [0.25, 0.3) is 10.0 Å². The lowest BCUT2D eigenvalue weighted by atomic mass is 10.2. The van der Waals surface area contributed by atoms with E-state index in [1.807, 2.05) is 0 Å². The van der Waals surface area contributed by atoms with Crippen molar-refractivity contribution in [1.82, 2.24) is 8.96 Å². The molecule has 2 aromatic heterocycles. The van der Waals surface area contributed by atoms with E-state index in [1.165, 1.54) is 24.4 Å². The highest BCUT2D eigenvalue weighted by molar-refractivity contribution is 7.90. The third-order valence-electron chi connectivity index (χ3n) is 4.91. The Morgan fingerprint density at radius 3 is 2.61 bits per heavy atom. The molecule has 9 nitrogen and oxygen atoms in total. The lowest BCUT2D eigenvalue weighted by molar-refractivity contribution is -0.384. The van der Waals surface area contributed by atoms with E-state index in [4.69, 9.17) is 0 Å². The normalized spacial score (nSPS) is 19.8. The van der Waals surface area contributed by atoms with Crippen LogP contribution in [0, 0.1) is 10.1 Å². The van der Waals surface area contributed by atoms with Crippen LogP contribution in [0.3, 0.4) is 0 Å². The van der Waals surface area contributed by atoms with Crippen LogP contribution in [0.2, 0.25) is 0 Å². The number of pyridine rings is 1. The van der Waals surface area contributed by atoms with E-state index in [2.05, 4.69) is 10.3 Å². The van der Waals surface area contributed by atoms with E-state index >= 15 is 0 Å². The van der Waals surface area contributed by atoms with E-state index in [-0.39, 0.29) is 28.0 Å². The Balaban J connectivity index is 1.85. The Morgan fingerprint density at radius 1 is 1.21 bits per heavy atom. The van der Waals surface area contributed by atoms with Gasteiger partial charge in [0.1, 0.15) is 11.9 Å². The van der Waals surface area contributed by atoms with Gasteiger partial charge in [0.05, 0.1) is 21.3 Å². The molecule has 2 N–H and O–H groups in total. The van der Waals surface area contributed by atoms with E-state index in [9.17, 15) is 23.6 Å². The molecule has 28 heavy (non-hydrogen) atoms. The summed E-state index contributed by atoms with van der Waals surface area (Å²) in [6.07, 6.45) is 3.72. The van der Waals surface area contributed by atoms with Crippen LogP contribution in [0.15, 0.2) is 53.7 Å². The number of aliphatic hydroxyl groups excluding tert-OH is 1. The number of hydrogen-bond donors (Lipinski definition) is 2. The average molecular weight is 402 g/mol. The van der Waals surface area contributed by atoms with Crippen LogP contribution in [0.25, 0.3) is 11.0 Å². The van der Waals surface area contributed by atoms with Crippen molar-refractivity contribution in [3.8, 4) is 0 Å². The van der Waals surface area contributed by atoms with Gasteiger partial charge < -0.3 is 10.4 Å². The maximum absolute atomic E-state index is 13.0. The first-order valence-corrected chi connectivity index (χ1v) is 10.2. The fourth-order valence-corrected chi connectivity index (χ4v) is 4.86. The van der Waals surface area contributed by atoms with Crippen LogP contribution in [-0.4, -0.2) is 39.5 Å². The van der Waals surface area contributed by atoms with Crippen molar-refractivity contribution in [2.24, 2.45) is 0 Å². The average Bonchev–Trinajstić information content (AvgIpc) is 3.29. The largest absolute Gasteiger partial charge is 0.393 e. The number of aromatic nitrogens is 2. The van der Waals surface area contributed by atoms with Crippen molar-refractivity contribution in [3.05, 3.63) is 58.9 Å². The number of nitrogens with one attached hydrogen (secondary N) is 1. The summed E-state index contributed by atoms with van der Waals surface area (Å²) < 4.78 is 26.9. The molecule has 0 saturated heterocycles. The summed E-state index contributed by atoms with van der Waals surface area (Å²) >= 11 is 0. The minimum atomic E-state index is -3.89. The van der Waals surface area contributed by atoms with Crippen molar-refractivity contribution in [2.45, 2.75) is 36.3 Å². The summed E-state index contributed by atoms with van der Waals surface area (Å²) in [4.78, 5) is 15.1. The molecule has 2 unspecified atom stereocenters. The van der Waals surface area contributed by atoms with Crippen molar-refractivity contribution in [2.75, 3.05) is 5.32 Å². The molecule has 0 amide bonds. The standard InChI is InChI=1S/C18H18N4O5S/c23-13-7-6-12(10-13)20-17-15-8-9-21(18(15)19-11-16(17)22(24)25)28(26,27)14-4-2-1-3-5-14/h1-5,8-9,11-13,23H,6-7,10H2,(H,19,20). The zero-order valence-electron chi connectivity index (χ0n) is 14.7. The van der Waals surface area contributed by atoms with Gasteiger partial charge in [0, 0.05) is 12.2 Å². The summed E-state index contributed by atoms with van der Waals surface area (Å²) in [5, 5.41) is 24.7. The molecule has 10 heteroatoms. The smallest absolute Gasteiger partial charge is 0.311 e. The molecule has 1 fully saturated rings. The molecule has 0 aliphatic heterocycles. The molecule has 3 aromatic rings. The summed E-state index contributed by atoms with van der Waals surface area (Å²) in [6.45, 7) is 0. The summed E-state index contributed by atoms with van der Waals surface area (Å²) in [5.41, 5.74) is 0.0929. The fraction of sp³-hybridized carbons (Fsp3) is 0.278. The first-order valence-electron chi connectivity index (χ1n) is 8.77. The van der Waals surface area contributed by atoms with Gasteiger partial charge in [-0.3, -0.25) is 10.1 Å². The molecule has 146 valence electrons. The summed E-state index contributed by atoms with van der Waals surface area (Å²) in [5.74, 6) is 0. The van der Waals surface area contributed by atoms with Crippen LogP contribution in [0.5, 0.6) is 0 Å². The number of nitrogens with zero attached hydrogens (tertiary/aromatic N) is 3. The molecule has 1 aliphatic carbocycles. The SMILES string of the molecule is O=[N+]([O-])c1cnc2c(ccn2S(=O)(=O)c2ccccc2)c1NC1CCC(O)C1. The van der Waals surface area contributed by atoms with E-state index in [1.54, 1.807) is 18.2 Å². The molecule has 0 radical (unpaired) electrons. The zero-order valence-corrected chi connectivity index (χ0v) is 15.5. The summed E-state index contributed by atoms with van der Waals surface area (Å²) in [6, 6.07) is 9.28. The Hall–Kier alpha value is -2.98. The van der Waals surface area contributed by atoms with Crippen molar-refractivity contribution < 1.29 is 18.4 Å². The second-order valence-electron chi connectivity index (χ2n) is 6.75. The number of benzene rings is 1. The quantitative estimate of drug-likeness (QED) is 0.496. The first-order chi connectivity index (χ1) is 13.4. The topological polar surface area (TPSA) is 127 Å². The number of anilines is 1. The second-order valence-corrected chi connectivity index (χ2v) is 8.57. The van der Waals surface area contributed by atoms with E-state index in [0.717, 1.165) is 10.2 Å². The summed E-state index contributed by atoms with van der Waals surface area (Å²) in [7, 11) is -3.89. The van der Waals surface area contributed by atoms with Gasteiger partial charge in [0.2, 0.25) is 0 Å². The van der Waals surface area contributed by atoms with Crippen molar-refractivity contribution >= 4 is 32.4 Å². The zero-order chi connectivity index (χ0) is 19.9. The molecule has 0 bridgehead atoms. The first kappa shape index (κ1) is 18.4. The van der Waals surface area contributed by atoms with Gasteiger partial charge in [-0.1, -0.05) is 18.2 Å². The van der Waals surface area contributed by atoms with Crippen molar-refractivity contribution in [3.63, 3.8) is 0 Å². The lowest BCUT2D eigenvalue weighted by Gasteiger charge is -2.15. The third-order valence-corrected chi connectivity index (χ3v) is 6.59. The molecular formula is C18H18N4O5S. The maximum atomic E-state index is 13.0. The Bertz CT molecular complexity index is 1140. The molecule has 1 aromatic carbocycles. The van der Waals surface area contributed by atoms with Gasteiger partial charge in [-0.05, 0) is 37.5 Å². The molecule has 4 rings (SSSR count). The van der Waals surface area contributed by atoms with Crippen molar-refractivity contribution in [1.29, 1.82) is 0 Å². The minimum absolute atomic E-state index is 0.0982. The van der Waals surface area contributed by atoms with E-state index in [0.29, 0.717) is 24.6 Å². The molecule has 1 saturated carbocycles. The molecule has 2 atom stereocenters. The molecule has 1 aliphatic rings. The van der Waals surface area contributed by atoms with Crippen LogP contribution >= 0.6 is 0 Å². The van der Waals surface area contributed by atoms with Gasteiger partial charge in [-0.25, -0.2) is 17.4 Å². The number of nitro groups is 1. The molecule has 2 heterocycles. The highest BCUT2D eigenvalue weighted by Gasteiger charge is 2.29. The van der Waals surface area contributed by atoms with Gasteiger partial charge in [0.15, 0.2) is 5.65 Å². The van der Waals surface area contributed by atoms with Crippen LogP contribution < -0.4 is 5.32 Å².